The molecule has 0 atom stereocenters. The highest BCUT2D eigenvalue weighted by Crippen LogP contribution is 2.63. The molecule has 212 valence electrons. The number of unbranched alkanes of at least 4 members (excludes halogenated alkanes) is 5. The van der Waals surface area contributed by atoms with Crippen molar-refractivity contribution < 1.29 is 70.4 Å². The summed E-state index contributed by atoms with van der Waals surface area (Å²) in [5, 5.41) is 4.78. The number of anilines is 1. The van der Waals surface area contributed by atoms with E-state index in [4.69, 9.17) is 0 Å². The molecule has 0 unspecified atom stereocenters. The highest BCUT2D eigenvalue weighted by Gasteiger charge is 2.94. The van der Waals surface area contributed by atoms with Crippen LogP contribution in [0.3, 0.4) is 0 Å². The van der Waals surface area contributed by atoms with Gasteiger partial charge in [0.1, 0.15) is 0 Å². The second kappa shape index (κ2) is 10.3. The van der Waals surface area contributed by atoms with Crippen molar-refractivity contribution in [1.82, 2.24) is 10.1 Å². The zero-order chi connectivity index (χ0) is 28.4. The first-order valence-corrected chi connectivity index (χ1v) is 9.95. The average molecular weight is 565 g/mol. The summed E-state index contributed by atoms with van der Waals surface area (Å²) >= 11 is 0. The van der Waals surface area contributed by atoms with Crippen LogP contribution >= 0.6 is 0 Å². The summed E-state index contributed by atoms with van der Waals surface area (Å²) in [6.07, 6.45) is -3.27. The van der Waals surface area contributed by atoms with Crippen LogP contribution in [-0.2, 0) is 5.92 Å². The van der Waals surface area contributed by atoms with Gasteiger partial charge in [0.05, 0.1) is 0 Å². The Kier molecular flexibility index (Phi) is 9.16. The number of hydrogen-bond acceptors (Lipinski definition) is 4. The summed E-state index contributed by atoms with van der Waals surface area (Å²) in [5.74, 6) is -51.3. The summed E-state index contributed by atoms with van der Waals surface area (Å²) < 4.78 is 202. The van der Waals surface area contributed by atoms with Gasteiger partial charge in [0.2, 0.25) is 0 Å². The van der Waals surface area contributed by atoms with Crippen molar-refractivity contribution >= 4 is 5.95 Å². The SMILES string of the molecule is CCCCCCCCNc1noc(C(F)(F)C(F)(F)C(F)(F)C(F)(F)C(F)(F)C(F)(F)C(F)(F)F)n1. The molecule has 1 heterocycles. The van der Waals surface area contributed by atoms with Crippen LogP contribution in [0.25, 0.3) is 0 Å². The molecule has 0 bridgehead atoms. The van der Waals surface area contributed by atoms with Gasteiger partial charge in [-0.2, -0.15) is 70.8 Å². The average Bonchev–Trinajstić information content (AvgIpc) is 3.21. The van der Waals surface area contributed by atoms with Crippen molar-refractivity contribution in [2.45, 2.75) is 87.2 Å². The molecule has 19 heteroatoms. The number of rotatable bonds is 14. The van der Waals surface area contributed by atoms with Crippen LogP contribution in [0.2, 0.25) is 0 Å². The van der Waals surface area contributed by atoms with Gasteiger partial charge in [-0.05, 0) is 11.6 Å². The maximum Gasteiger partial charge on any atom is 0.460 e. The van der Waals surface area contributed by atoms with Crippen LogP contribution < -0.4 is 5.32 Å². The summed E-state index contributed by atoms with van der Waals surface area (Å²) in [6.45, 7) is 1.84. The predicted octanol–water partition coefficient (Wildman–Crippen LogP) is 7.67. The molecule has 0 saturated carbocycles. The molecule has 0 aliphatic heterocycles. The molecule has 0 saturated heterocycles. The van der Waals surface area contributed by atoms with Gasteiger partial charge in [-0.15, -0.1) is 0 Å². The van der Waals surface area contributed by atoms with E-state index >= 15 is 0 Å². The van der Waals surface area contributed by atoms with Crippen LogP contribution in [0.15, 0.2) is 4.52 Å². The Balaban J connectivity index is 3.17. The van der Waals surface area contributed by atoms with Gasteiger partial charge < -0.3 is 9.84 Å². The molecule has 1 aromatic heterocycles. The Labute approximate surface area is 192 Å². The third-order valence-corrected chi connectivity index (χ3v) is 4.84. The first-order chi connectivity index (χ1) is 16.0. The second-order valence-corrected chi connectivity index (χ2v) is 7.56. The lowest BCUT2D eigenvalue weighted by Crippen LogP contribution is -2.72. The molecular formula is C17H18F15N3O. The topological polar surface area (TPSA) is 51.0 Å². The Morgan fingerprint density at radius 1 is 0.611 bits per heavy atom. The van der Waals surface area contributed by atoms with E-state index in [1.54, 1.807) is 0 Å². The zero-order valence-corrected chi connectivity index (χ0v) is 17.9. The van der Waals surface area contributed by atoms with Gasteiger partial charge in [0.25, 0.3) is 5.95 Å². The van der Waals surface area contributed by atoms with Crippen LogP contribution in [0, 0.1) is 0 Å². The number of halogens is 15. The second-order valence-electron chi connectivity index (χ2n) is 7.56. The number of aromatic nitrogens is 2. The molecule has 0 spiro atoms. The minimum Gasteiger partial charge on any atom is -0.352 e. The highest BCUT2D eigenvalue weighted by atomic mass is 19.4. The molecule has 0 aromatic carbocycles. The number of alkyl halides is 15. The summed E-state index contributed by atoms with van der Waals surface area (Å²) in [6, 6.07) is 0. The summed E-state index contributed by atoms with van der Waals surface area (Å²) in [7, 11) is 0. The van der Waals surface area contributed by atoms with E-state index in [2.05, 4.69) is 20.0 Å². The van der Waals surface area contributed by atoms with Crippen molar-refractivity contribution in [2.24, 2.45) is 0 Å². The van der Waals surface area contributed by atoms with E-state index in [1.165, 1.54) is 0 Å². The number of nitrogens with one attached hydrogen (secondary N) is 1. The summed E-state index contributed by atoms with van der Waals surface area (Å²) in [4.78, 5) is 2.53. The van der Waals surface area contributed by atoms with Crippen LogP contribution in [0.1, 0.15) is 51.3 Å². The lowest BCUT2D eigenvalue weighted by molar-refractivity contribution is -0.454. The molecule has 4 nitrogen and oxygen atoms in total. The van der Waals surface area contributed by atoms with E-state index < -0.39 is 53.6 Å². The van der Waals surface area contributed by atoms with Gasteiger partial charge >= 0.3 is 47.6 Å². The van der Waals surface area contributed by atoms with Crippen molar-refractivity contribution in [2.75, 3.05) is 11.9 Å². The minimum absolute atomic E-state index is 0.0972. The van der Waals surface area contributed by atoms with E-state index in [9.17, 15) is 65.9 Å². The summed E-state index contributed by atoms with van der Waals surface area (Å²) in [5.41, 5.74) is 0. The Hall–Kier alpha value is -2.11. The van der Waals surface area contributed by atoms with Gasteiger partial charge in [0.15, 0.2) is 0 Å². The molecule has 0 fully saturated rings. The van der Waals surface area contributed by atoms with E-state index in [0.717, 1.165) is 25.7 Å². The highest BCUT2D eigenvalue weighted by molar-refractivity contribution is 5.24. The number of hydrogen-bond donors (Lipinski definition) is 1. The molecule has 1 N–H and O–H groups in total. The fourth-order valence-electron chi connectivity index (χ4n) is 2.63. The lowest BCUT2D eigenvalue weighted by atomic mass is 9.91. The lowest BCUT2D eigenvalue weighted by Gasteiger charge is -2.40. The Bertz CT molecular complexity index is 851. The van der Waals surface area contributed by atoms with Crippen molar-refractivity contribution in [3.8, 4) is 0 Å². The molecule has 0 aliphatic carbocycles. The molecule has 36 heavy (non-hydrogen) atoms. The first-order valence-electron chi connectivity index (χ1n) is 9.95. The quantitative estimate of drug-likeness (QED) is 0.186. The third kappa shape index (κ3) is 5.28. The third-order valence-electron chi connectivity index (χ3n) is 4.84. The fraction of sp³-hybridized carbons (Fsp3) is 0.882. The van der Waals surface area contributed by atoms with Crippen molar-refractivity contribution in [3.63, 3.8) is 0 Å². The van der Waals surface area contributed by atoms with Crippen molar-refractivity contribution in [1.29, 1.82) is 0 Å². The Morgan fingerprint density at radius 2 is 1.06 bits per heavy atom. The first kappa shape index (κ1) is 31.9. The maximum atomic E-state index is 14.0. The molecule has 0 amide bonds. The smallest absolute Gasteiger partial charge is 0.352 e. The van der Waals surface area contributed by atoms with Gasteiger partial charge in [-0.25, -0.2) is 0 Å². The standard InChI is InChI=1S/C17H18F15N3O/c1-2-3-4-5-6-7-8-33-10-34-9(36-35-10)11(18,19)12(20,21)13(22,23)14(24,25)15(26,27)16(28,29)17(30,31)32/h2-8H2,1H3,(H,33,35). The van der Waals surface area contributed by atoms with Gasteiger partial charge in [-0.1, -0.05) is 39.0 Å². The van der Waals surface area contributed by atoms with E-state index in [1.807, 2.05) is 6.92 Å². The molecule has 0 aliphatic rings. The zero-order valence-electron chi connectivity index (χ0n) is 17.9. The van der Waals surface area contributed by atoms with Gasteiger partial charge in [-0.3, -0.25) is 0 Å². The fourth-order valence-corrected chi connectivity index (χ4v) is 2.63. The molecule has 1 rings (SSSR count). The predicted molar refractivity (Wildman–Crippen MR) is 90.8 cm³/mol. The largest absolute Gasteiger partial charge is 0.460 e. The molecule has 0 radical (unpaired) electrons. The molecule has 1 aromatic rings. The van der Waals surface area contributed by atoms with Crippen molar-refractivity contribution in [3.05, 3.63) is 5.89 Å². The van der Waals surface area contributed by atoms with Crippen LogP contribution in [-0.4, -0.2) is 52.5 Å². The van der Waals surface area contributed by atoms with Crippen LogP contribution in [0.5, 0.6) is 0 Å². The Morgan fingerprint density at radius 3 is 1.56 bits per heavy atom. The minimum atomic E-state index is -8.37. The van der Waals surface area contributed by atoms with Gasteiger partial charge in [0, 0.05) is 6.54 Å². The molecular weight excluding hydrogens is 547 g/mol. The maximum absolute atomic E-state index is 14.0. The van der Waals surface area contributed by atoms with Crippen LogP contribution in [0.4, 0.5) is 71.8 Å². The van der Waals surface area contributed by atoms with E-state index in [0.29, 0.717) is 12.8 Å². The normalized spacial score (nSPS) is 14.9. The van der Waals surface area contributed by atoms with E-state index in [-0.39, 0.29) is 6.54 Å². The number of nitrogens with zero attached hydrogens (tertiary/aromatic N) is 2. The monoisotopic (exact) mass is 565 g/mol.